The third-order valence-corrected chi connectivity index (χ3v) is 3.90. The Hall–Kier alpha value is -1.02. The Labute approximate surface area is 152 Å². The fraction of sp³-hybridized carbons (Fsp3) is 0.727. The van der Waals surface area contributed by atoms with E-state index >= 15 is 0 Å². The molecule has 0 aromatic carbocycles. The molecule has 0 saturated carbocycles. The van der Waals surface area contributed by atoms with Gasteiger partial charge < -0.3 is 10.1 Å². The summed E-state index contributed by atoms with van der Waals surface area (Å²) in [7, 11) is 0. The zero-order valence-corrected chi connectivity index (χ0v) is 17.5. The molecule has 1 saturated heterocycles. The van der Waals surface area contributed by atoms with Gasteiger partial charge in [-0.25, -0.2) is 0 Å². The van der Waals surface area contributed by atoms with Crippen LogP contribution >= 0.6 is 0 Å². The van der Waals surface area contributed by atoms with Gasteiger partial charge >= 0.3 is 0 Å². The van der Waals surface area contributed by atoms with Gasteiger partial charge in [0.2, 0.25) is 0 Å². The highest BCUT2D eigenvalue weighted by molar-refractivity contribution is 5.27. The van der Waals surface area contributed by atoms with Crippen molar-refractivity contribution >= 4 is 0 Å². The minimum atomic E-state index is 0.535. The second kappa shape index (κ2) is 18.3. The van der Waals surface area contributed by atoms with E-state index in [9.17, 15) is 0 Å². The fourth-order valence-corrected chi connectivity index (χ4v) is 2.29. The summed E-state index contributed by atoms with van der Waals surface area (Å²) in [6.07, 6.45) is 11.0. The molecule has 0 spiro atoms. The standard InChI is InChI=1S/C17H29NO.C3H8.C2H6/c1-5-14(4)16(6-2)11-17(7-3)19-13-15-9-8-10-18-12-15;1-3-2;1-2/h6-7,11,14-15,18H,2,5,8-10,12-13H2,1,3-4H3;3H2,1-2H3;1-2H3/b16-11+,17-7+;;. The van der Waals surface area contributed by atoms with Crippen LogP contribution in [0.1, 0.15) is 74.1 Å². The second-order valence-electron chi connectivity index (χ2n) is 6.08. The third kappa shape index (κ3) is 12.4. The fourth-order valence-electron chi connectivity index (χ4n) is 2.29. The predicted octanol–water partition coefficient (Wildman–Crippen LogP) is 6.51. The highest BCUT2D eigenvalue weighted by Gasteiger charge is 2.13. The van der Waals surface area contributed by atoms with E-state index in [2.05, 4.69) is 45.7 Å². The highest BCUT2D eigenvalue weighted by Crippen LogP contribution is 2.19. The Morgan fingerprint density at radius 1 is 1.29 bits per heavy atom. The SMILES string of the molecule is C=C/C(=C\C(=C/C)OCC1CCCNC1)C(C)CC.CC.CCC. The number of hydrogen-bond acceptors (Lipinski definition) is 2. The van der Waals surface area contributed by atoms with Crippen molar-refractivity contribution < 1.29 is 4.74 Å². The molecule has 0 aromatic heterocycles. The molecule has 1 fully saturated rings. The molecular formula is C22H43NO. The van der Waals surface area contributed by atoms with Crippen molar-refractivity contribution in [2.75, 3.05) is 19.7 Å². The van der Waals surface area contributed by atoms with E-state index in [1.165, 1.54) is 24.8 Å². The highest BCUT2D eigenvalue weighted by atomic mass is 16.5. The van der Waals surface area contributed by atoms with Crippen molar-refractivity contribution in [1.29, 1.82) is 0 Å². The van der Waals surface area contributed by atoms with Crippen LogP contribution in [0.25, 0.3) is 0 Å². The lowest BCUT2D eigenvalue weighted by atomic mass is 9.97. The quantitative estimate of drug-likeness (QED) is 0.422. The normalized spacial score (nSPS) is 19.2. The second-order valence-corrected chi connectivity index (χ2v) is 6.08. The summed E-state index contributed by atoms with van der Waals surface area (Å²) in [6.45, 7) is 21.7. The molecule has 1 rings (SSSR count). The smallest absolute Gasteiger partial charge is 0.115 e. The van der Waals surface area contributed by atoms with Gasteiger partial charge in [-0.2, -0.15) is 0 Å². The largest absolute Gasteiger partial charge is 0.494 e. The van der Waals surface area contributed by atoms with Crippen LogP contribution in [-0.4, -0.2) is 19.7 Å². The molecule has 1 aliphatic rings. The number of rotatable bonds is 7. The Morgan fingerprint density at radius 3 is 2.33 bits per heavy atom. The van der Waals surface area contributed by atoms with Gasteiger partial charge in [-0.05, 0) is 56.4 Å². The summed E-state index contributed by atoms with van der Waals surface area (Å²) >= 11 is 0. The molecule has 0 bridgehead atoms. The lowest BCUT2D eigenvalue weighted by Gasteiger charge is -2.23. The van der Waals surface area contributed by atoms with Crippen molar-refractivity contribution in [2.45, 2.75) is 74.1 Å². The first-order chi connectivity index (χ1) is 11.6. The number of hydrogen-bond donors (Lipinski definition) is 1. The molecule has 2 nitrogen and oxygen atoms in total. The molecule has 142 valence electrons. The van der Waals surface area contributed by atoms with E-state index in [1.54, 1.807) is 0 Å². The summed E-state index contributed by atoms with van der Waals surface area (Å²) in [5.74, 6) is 2.15. The van der Waals surface area contributed by atoms with E-state index in [0.717, 1.165) is 31.9 Å². The third-order valence-electron chi connectivity index (χ3n) is 3.90. The molecule has 0 aliphatic carbocycles. The number of ether oxygens (including phenoxy) is 1. The lowest BCUT2D eigenvalue weighted by molar-refractivity contribution is 0.156. The van der Waals surface area contributed by atoms with Gasteiger partial charge in [-0.3, -0.25) is 0 Å². The van der Waals surface area contributed by atoms with Crippen LogP contribution in [0.3, 0.4) is 0 Å². The van der Waals surface area contributed by atoms with Crippen molar-refractivity contribution in [1.82, 2.24) is 5.32 Å². The Kier molecular flexibility index (Phi) is 19.3. The van der Waals surface area contributed by atoms with Gasteiger partial charge in [0.1, 0.15) is 5.76 Å². The molecule has 24 heavy (non-hydrogen) atoms. The molecule has 0 radical (unpaired) electrons. The first-order valence-corrected chi connectivity index (χ1v) is 9.96. The molecule has 1 aliphatic heterocycles. The maximum atomic E-state index is 5.95. The molecule has 2 atom stereocenters. The summed E-state index contributed by atoms with van der Waals surface area (Å²) in [4.78, 5) is 0. The molecule has 2 heteroatoms. The van der Waals surface area contributed by atoms with Crippen molar-refractivity contribution in [3.8, 4) is 0 Å². The zero-order chi connectivity index (χ0) is 18.8. The molecule has 2 unspecified atom stereocenters. The number of piperidine rings is 1. The van der Waals surface area contributed by atoms with Gasteiger partial charge in [0, 0.05) is 12.5 Å². The Balaban J connectivity index is 0. The Morgan fingerprint density at radius 2 is 1.92 bits per heavy atom. The monoisotopic (exact) mass is 337 g/mol. The van der Waals surface area contributed by atoms with Gasteiger partial charge in [0.15, 0.2) is 0 Å². The zero-order valence-electron chi connectivity index (χ0n) is 17.5. The first-order valence-electron chi connectivity index (χ1n) is 9.96. The van der Waals surface area contributed by atoms with Gasteiger partial charge in [0.05, 0.1) is 6.61 Å². The van der Waals surface area contributed by atoms with Crippen LogP contribution in [0.4, 0.5) is 0 Å². The first kappa shape index (κ1) is 25.2. The van der Waals surface area contributed by atoms with Gasteiger partial charge in [0.25, 0.3) is 0 Å². The van der Waals surface area contributed by atoms with Crippen molar-refractivity contribution in [3.63, 3.8) is 0 Å². The maximum absolute atomic E-state index is 5.95. The van der Waals surface area contributed by atoms with Gasteiger partial charge in [-0.15, -0.1) is 0 Å². The topological polar surface area (TPSA) is 21.3 Å². The molecule has 0 amide bonds. The van der Waals surface area contributed by atoms with E-state index in [1.807, 2.05) is 32.9 Å². The number of nitrogens with one attached hydrogen (secondary N) is 1. The van der Waals surface area contributed by atoms with E-state index in [4.69, 9.17) is 4.74 Å². The average molecular weight is 338 g/mol. The lowest BCUT2D eigenvalue weighted by Crippen LogP contribution is -2.32. The molecule has 0 aromatic rings. The van der Waals surface area contributed by atoms with E-state index in [-0.39, 0.29) is 0 Å². The van der Waals surface area contributed by atoms with Crippen LogP contribution in [0.15, 0.2) is 36.1 Å². The predicted molar refractivity (Wildman–Crippen MR) is 110 cm³/mol. The van der Waals surface area contributed by atoms with Gasteiger partial charge in [-0.1, -0.05) is 60.6 Å². The Bertz CT molecular complexity index is 338. The van der Waals surface area contributed by atoms with Crippen molar-refractivity contribution in [2.24, 2.45) is 11.8 Å². The van der Waals surface area contributed by atoms with Crippen LogP contribution in [0.5, 0.6) is 0 Å². The van der Waals surface area contributed by atoms with Crippen LogP contribution in [0, 0.1) is 11.8 Å². The summed E-state index contributed by atoms with van der Waals surface area (Å²) in [6, 6.07) is 0. The minimum Gasteiger partial charge on any atom is -0.494 e. The van der Waals surface area contributed by atoms with Crippen LogP contribution in [-0.2, 0) is 4.74 Å². The van der Waals surface area contributed by atoms with E-state index in [0.29, 0.717) is 11.8 Å². The van der Waals surface area contributed by atoms with Crippen LogP contribution in [0.2, 0.25) is 0 Å². The van der Waals surface area contributed by atoms with Crippen molar-refractivity contribution in [3.05, 3.63) is 36.1 Å². The minimum absolute atomic E-state index is 0.535. The number of allylic oxidation sites excluding steroid dienone is 4. The molecule has 1 N–H and O–H groups in total. The summed E-state index contributed by atoms with van der Waals surface area (Å²) in [5.41, 5.74) is 1.26. The molecule has 1 heterocycles. The maximum Gasteiger partial charge on any atom is 0.115 e. The summed E-state index contributed by atoms with van der Waals surface area (Å²) < 4.78 is 5.95. The van der Waals surface area contributed by atoms with Crippen LogP contribution < -0.4 is 5.32 Å². The van der Waals surface area contributed by atoms with E-state index < -0.39 is 0 Å². The average Bonchev–Trinajstić information content (AvgIpc) is 2.64. The summed E-state index contributed by atoms with van der Waals surface area (Å²) in [5, 5.41) is 3.42. The molecular weight excluding hydrogens is 294 g/mol.